The van der Waals surface area contributed by atoms with Crippen molar-refractivity contribution in [1.82, 2.24) is 5.32 Å². The largest absolute Gasteiger partial charge is 0.468 e. The Morgan fingerprint density at radius 2 is 1.76 bits per heavy atom. The molecule has 0 aromatic heterocycles. The molecule has 2 aromatic rings. The molecule has 38 heavy (non-hydrogen) atoms. The number of benzene rings is 2. The number of halogens is 5. The Balaban J connectivity index is 1.46. The first-order valence-corrected chi connectivity index (χ1v) is 12.0. The van der Waals surface area contributed by atoms with E-state index in [0.29, 0.717) is 18.4 Å². The Labute approximate surface area is 225 Å². The van der Waals surface area contributed by atoms with Gasteiger partial charge in [-0.3, -0.25) is 14.9 Å². The van der Waals surface area contributed by atoms with Crippen molar-refractivity contribution in [3.8, 4) is 0 Å². The molecule has 0 radical (unpaired) electrons. The molecule has 1 atom stereocenters. The minimum absolute atomic E-state index is 0.00886. The fourth-order valence-electron chi connectivity index (χ4n) is 4.12. The van der Waals surface area contributed by atoms with E-state index in [1.54, 1.807) is 6.92 Å². The maximum absolute atomic E-state index is 14.2. The average molecular weight is 573 g/mol. The highest BCUT2D eigenvalue weighted by Gasteiger charge is 2.62. The molecule has 202 valence electrons. The van der Waals surface area contributed by atoms with E-state index in [4.69, 9.17) is 32.8 Å². The highest BCUT2D eigenvalue weighted by atomic mass is 35.5. The molecule has 2 aromatic carbocycles. The van der Waals surface area contributed by atoms with Gasteiger partial charge in [0.05, 0.1) is 12.8 Å². The first kappa shape index (κ1) is 27.7. The number of esters is 1. The highest BCUT2D eigenvalue weighted by Crippen LogP contribution is 2.50. The summed E-state index contributed by atoms with van der Waals surface area (Å²) in [7, 11) is 1.23. The number of hydrogen-bond acceptors (Lipinski definition) is 7. The zero-order valence-corrected chi connectivity index (χ0v) is 21.6. The van der Waals surface area contributed by atoms with E-state index in [1.165, 1.54) is 31.4 Å². The summed E-state index contributed by atoms with van der Waals surface area (Å²) in [6, 6.07) is 7.73. The molecule has 4 rings (SSSR count). The van der Waals surface area contributed by atoms with Crippen molar-refractivity contribution < 1.29 is 41.9 Å². The van der Waals surface area contributed by atoms with Crippen LogP contribution in [0.15, 0.2) is 41.6 Å². The van der Waals surface area contributed by atoms with Crippen LogP contribution in [0.2, 0.25) is 10.0 Å². The van der Waals surface area contributed by atoms with Crippen LogP contribution in [0.5, 0.6) is 0 Å². The third-order valence-electron chi connectivity index (χ3n) is 6.49. The summed E-state index contributed by atoms with van der Waals surface area (Å²) < 4.78 is 52.4. The zero-order valence-electron chi connectivity index (χ0n) is 20.1. The fraction of sp³-hybridized carbons (Fsp3) is 0.360. The highest BCUT2D eigenvalue weighted by molar-refractivity contribution is 6.34. The summed E-state index contributed by atoms with van der Waals surface area (Å²) in [6.45, 7) is 1.32. The molecule has 1 aliphatic heterocycles. The van der Waals surface area contributed by atoms with E-state index in [1.807, 2.05) is 0 Å². The van der Waals surface area contributed by atoms with Gasteiger partial charge in [-0.2, -0.15) is 13.2 Å². The molecular weight excluding hydrogens is 552 g/mol. The second-order valence-corrected chi connectivity index (χ2v) is 9.99. The molecule has 1 heterocycles. The number of imide groups is 1. The van der Waals surface area contributed by atoms with Gasteiger partial charge in [0.2, 0.25) is 0 Å². The number of nitrogens with zero attached hydrogens (tertiary/aromatic N) is 1. The number of carbonyl (C=O) groups excluding carboxylic acids is 3. The lowest BCUT2D eigenvalue weighted by Gasteiger charge is -2.29. The van der Waals surface area contributed by atoms with Crippen molar-refractivity contribution in [1.29, 1.82) is 0 Å². The quantitative estimate of drug-likeness (QED) is 0.445. The van der Waals surface area contributed by atoms with Gasteiger partial charge in [-0.25, -0.2) is 4.79 Å². The molecule has 0 spiro atoms. The monoisotopic (exact) mass is 572 g/mol. The van der Waals surface area contributed by atoms with Crippen molar-refractivity contribution in [3.63, 3.8) is 0 Å². The average Bonchev–Trinajstić information content (AvgIpc) is 3.49. The Bertz CT molecular complexity index is 1320. The second kappa shape index (κ2) is 10.1. The summed E-state index contributed by atoms with van der Waals surface area (Å²) >= 11 is 11.9. The van der Waals surface area contributed by atoms with Crippen molar-refractivity contribution in [3.05, 3.63) is 68.7 Å². The molecule has 2 amide bonds. The predicted octanol–water partition coefficient (Wildman–Crippen LogP) is 5.70. The molecule has 1 fully saturated rings. The molecule has 1 unspecified atom stereocenters. The fourth-order valence-corrected chi connectivity index (χ4v) is 4.64. The van der Waals surface area contributed by atoms with Crippen molar-refractivity contribution in [2.24, 2.45) is 10.6 Å². The van der Waals surface area contributed by atoms with Crippen molar-refractivity contribution >= 4 is 46.9 Å². The summed E-state index contributed by atoms with van der Waals surface area (Å²) in [5, 5.41) is 5.79. The van der Waals surface area contributed by atoms with Gasteiger partial charge < -0.3 is 14.3 Å². The Morgan fingerprint density at radius 1 is 1.11 bits per heavy atom. The van der Waals surface area contributed by atoms with Crippen LogP contribution < -0.4 is 5.32 Å². The van der Waals surface area contributed by atoms with Crippen LogP contribution in [0.25, 0.3) is 0 Å². The van der Waals surface area contributed by atoms with Gasteiger partial charge in [-0.05, 0) is 61.2 Å². The van der Waals surface area contributed by atoms with E-state index < -0.39 is 41.6 Å². The summed E-state index contributed by atoms with van der Waals surface area (Å²) in [5.41, 5.74) is -3.25. The number of carbonyl (C=O) groups is 3. The van der Waals surface area contributed by atoms with Crippen LogP contribution in [0, 0.1) is 12.3 Å². The van der Waals surface area contributed by atoms with Gasteiger partial charge in [-0.15, -0.1) is 0 Å². The molecule has 2 aliphatic rings. The van der Waals surface area contributed by atoms with Crippen LogP contribution in [0.3, 0.4) is 0 Å². The van der Waals surface area contributed by atoms with Gasteiger partial charge in [0.25, 0.3) is 11.5 Å². The number of hydrogen-bond donors (Lipinski definition) is 1. The van der Waals surface area contributed by atoms with Gasteiger partial charge >= 0.3 is 18.2 Å². The van der Waals surface area contributed by atoms with Crippen molar-refractivity contribution in [2.75, 3.05) is 13.7 Å². The third kappa shape index (κ3) is 5.30. The number of ether oxygens (including phenoxy) is 2. The van der Waals surface area contributed by atoms with E-state index in [9.17, 15) is 27.6 Å². The molecule has 13 heteroatoms. The molecule has 0 bridgehead atoms. The number of alkyl halides is 3. The topological polar surface area (TPSA) is 103 Å². The smallest absolute Gasteiger partial charge is 0.435 e. The standard InChI is InChI=1S/C25H21Cl2F3N2O6/c1-13-7-14(3-4-18(13)20(33)31-22(35)37-12-23(5-6-23)21(34)36-2)19-11-24(38-32-19,25(28,29)30)15-8-16(26)10-17(27)9-15/h3-4,7-10H,5-6,11-12H2,1-2H3,(H,31,33,35). The molecule has 0 saturated heterocycles. The van der Waals surface area contributed by atoms with E-state index in [2.05, 4.69) is 15.2 Å². The van der Waals surface area contributed by atoms with Gasteiger partial charge in [0.1, 0.15) is 12.0 Å². The van der Waals surface area contributed by atoms with E-state index >= 15 is 0 Å². The Hall–Kier alpha value is -3.31. The molecule has 1 aliphatic carbocycles. The number of rotatable bonds is 6. The van der Waals surface area contributed by atoms with Crippen LogP contribution in [0.1, 0.15) is 46.3 Å². The van der Waals surface area contributed by atoms with E-state index in [0.717, 1.165) is 12.1 Å². The van der Waals surface area contributed by atoms with Crippen LogP contribution >= 0.6 is 23.2 Å². The van der Waals surface area contributed by atoms with Crippen molar-refractivity contribution in [2.45, 2.75) is 38.0 Å². The molecule has 8 nitrogen and oxygen atoms in total. The summed E-state index contributed by atoms with van der Waals surface area (Å²) in [4.78, 5) is 41.4. The minimum atomic E-state index is -4.85. The number of amides is 2. The lowest BCUT2D eigenvalue weighted by atomic mass is 9.86. The number of alkyl carbamates (subject to hydrolysis) is 1. The lowest BCUT2D eigenvalue weighted by molar-refractivity contribution is -0.275. The number of nitrogens with one attached hydrogen (secondary N) is 1. The maximum atomic E-state index is 14.2. The molecule has 1 N–H and O–H groups in total. The maximum Gasteiger partial charge on any atom is 0.435 e. The van der Waals surface area contributed by atoms with Gasteiger partial charge in [0.15, 0.2) is 0 Å². The van der Waals surface area contributed by atoms with Crippen LogP contribution in [-0.4, -0.2) is 43.6 Å². The second-order valence-electron chi connectivity index (χ2n) is 9.12. The van der Waals surface area contributed by atoms with Gasteiger partial charge in [-0.1, -0.05) is 34.4 Å². The normalized spacial score (nSPS) is 19.7. The Kier molecular flexibility index (Phi) is 7.37. The first-order chi connectivity index (χ1) is 17.8. The van der Waals surface area contributed by atoms with Crippen LogP contribution in [-0.2, 0) is 24.7 Å². The Morgan fingerprint density at radius 3 is 2.32 bits per heavy atom. The number of oxime groups is 1. The molecular formula is C25H21Cl2F3N2O6. The first-order valence-electron chi connectivity index (χ1n) is 11.3. The number of aryl methyl sites for hydroxylation is 1. The lowest BCUT2D eigenvalue weighted by Crippen LogP contribution is -2.42. The summed E-state index contributed by atoms with van der Waals surface area (Å²) in [5.74, 6) is -1.28. The summed E-state index contributed by atoms with van der Waals surface area (Å²) in [6.07, 6.45) is -5.54. The van der Waals surface area contributed by atoms with Gasteiger partial charge in [0, 0.05) is 27.6 Å². The van der Waals surface area contributed by atoms with E-state index in [-0.39, 0.29) is 39.1 Å². The predicted molar refractivity (Wildman–Crippen MR) is 130 cm³/mol. The minimum Gasteiger partial charge on any atom is -0.468 e. The molecule has 1 saturated carbocycles. The van der Waals surface area contributed by atoms with Crippen LogP contribution in [0.4, 0.5) is 18.0 Å². The SMILES string of the molecule is COC(=O)C1(COC(=O)NC(=O)c2ccc(C3=NOC(c4cc(Cl)cc(Cl)c4)(C(F)(F)F)C3)cc2C)CC1. The zero-order chi connectivity index (χ0) is 27.9. The third-order valence-corrected chi connectivity index (χ3v) is 6.92. The number of methoxy groups -OCH3 is 1.